The van der Waals surface area contributed by atoms with Crippen LogP contribution in [-0.4, -0.2) is 52.6 Å². The average molecular weight is 418 g/mol. The zero-order valence-corrected chi connectivity index (χ0v) is 19.4. The van der Waals surface area contributed by atoms with E-state index in [1.54, 1.807) is 21.7 Å². The highest BCUT2D eigenvalue weighted by molar-refractivity contribution is 6.62. The molecule has 30 heavy (non-hydrogen) atoms. The van der Waals surface area contributed by atoms with E-state index in [0.717, 1.165) is 18.3 Å². The van der Waals surface area contributed by atoms with Crippen molar-refractivity contribution in [3.05, 3.63) is 28.7 Å². The number of rotatable bonds is 3. The van der Waals surface area contributed by atoms with E-state index < -0.39 is 23.9 Å². The molecule has 8 heteroatoms. The molecule has 3 heterocycles. The van der Waals surface area contributed by atoms with E-state index in [-0.39, 0.29) is 17.6 Å². The molecule has 0 aliphatic carbocycles. The fraction of sp³-hybridized carbons (Fsp3) is 0.727. The van der Waals surface area contributed by atoms with E-state index in [0.29, 0.717) is 19.6 Å². The maximum absolute atomic E-state index is 12.7. The molecule has 1 aromatic heterocycles. The number of likely N-dealkylation sites (tertiary alicyclic amines) is 1. The van der Waals surface area contributed by atoms with Crippen LogP contribution in [0.5, 0.6) is 0 Å². The van der Waals surface area contributed by atoms with Crippen LogP contribution < -0.4 is 11.0 Å². The second kappa shape index (κ2) is 8.04. The zero-order valence-electron chi connectivity index (χ0n) is 19.4. The normalized spacial score (nSPS) is 23.5. The lowest BCUT2D eigenvalue weighted by molar-refractivity contribution is 0.00578. The van der Waals surface area contributed by atoms with Crippen LogP contribution in [0.4, 0.5) is 4.79 Å². The molecule has 0 aromatic carbocycles. The van der Waals surface area contributed by atoms with Gasteiger partial charge in [-0.2, -0.15) is 0 Å². The minimum absolute atomic E-state index is 0.0865. The Morgan fingerprint density at radius 3 is 2.43 bits per heavy atom. The van der Waals surface area contributed by atoms with Crippen molar-refractivity contribution in [1.82, 2.24) is 9.47 Å². The fourth-order valence-electron chi connectivity index (χ4n) is 3.78. The molecule has 2 aliphatic rings. The highest BCUT2D eigenvalue weighted by Gasteiger charge is 2.51. The number of nitrogens with zero attached hydrogens (tertiary/aromatic N) is 2. The summed E-state index contributed by atoms with van der Waals surface area (Å²) in [4.78, 5) is 26.9. The van der Waals surface area contributed by atoms with Gasteiger partial charge in [0.2, 0.25) is 5.56 Å². The van der Waals surface area contributed by atoms with Gasteiger partial charge in [0.15, 0.2) is 0 Å². The predicted octanol–water partition coefficient (Wildman–Crippen LogP) is 2.79. The van der Waals surface area contributed by atoms with E-state index in [1.165, 1.54) is 0 Å². The van der Waals surface area contributed by atoms with Gasteiger partial charge in [0.05, 0.1) is 11.2 Å². The summed E-state index contributed by atoms with van der Waals surface area (Å²) < 4.78 is 19.3. The van der Waals surface area contributed by atoms with Gasteiger partial charge in [0.1, 0.15) is 5.60 Å². The number of pyridine rings is 1. The van der Waals surface area contributed by atoms with Crippen LogP contribution in [0.2, 0.25) is 0 Å². The Morgan fingerprint density at radius 2 is 1.87 bits per heavy atom. The zero-order chi connectivity index (χ0) is 22.3. The van der Waals surface area contributed by atoms with Crippen LogP contribution in [-0.2, 0) is 20.6 Å². The Morgan fingerprint density at radius 1 is 1.23 bits per heavy atom. The summed E-state index contributed by atoms with van der Waals surface area (Å²) in [6.07, 6.45) is 3.40. The van der Waals surface area contributed by atoms with Crippen LogP contribution in [0.1, 0.15) is 61.3 Å². The van der Waals surface area contributed by atoms with Gasteiger partial charge in [-0.15, -0.1) is 0 Å². The molecule has 0 N–H and O–H groups in total. The van der Waals surface area contributed by atoms with Gasteiger partial charge < -0.3 is 23.5 Å². The van der Waals surface area contributed by atoms with Gasteiger partial charge >= 0.3 is 13.2 Å². The topological polar surface area (TPSA) is 70.0 Å². The van der Waals surface area contributed by atoms with Crippen molar-refractivity contribution in [2.24, 2.45) is 5.92 Å². The first kappa shape index (κ1) is 22.9. The Labute approximate surface area is 179 Å². The molecule has 0 saturated carbocycles. The number of amides is 1. The third-order valence-electron chi connectivity index (χ3n) is 6.17. The molecule has 1 atom stereocenters. The van der Waals surface area contributed by atoms with Crippen LogP contribution in [0.15, 0.2) is 23.1 Å². The first-order chi connectivity index (χ1) is 13.8. The highest BCUT2D eigenvalue weighted by atomic mass is 16.7. The van der Waals surface area contributed by atoms with Gasteiger partial charge in [-0.1, -0.05) is 0 Å². The van der Waals surface area contributed by atoms with Crippen molar-refractivity contribution >= 4 is 18.7 Å². The second-order valence-electron chi connectivity index (χ2n) is 10.5. The molecule has 7 nitrogen and oxygen atoms in total. The van der Waals surface area contributed by atoms with Gasteiger partial charge in [-0.05, 0) is 78.8 Å². The second-order valence-corrected chi connectivity index (χ2v) is 10.5. The number of carbonyl (C=O) groups excluding carboxylic acids is 1. The lowest BCUT2D eigenvalue weighted by Gasteiger charge is -2.34. The molecule has 0 spiro atoms. The largest absolute Gasteiger partial charge is 0.495 e. The molecule has 2 saturated heterocycles. The van der Waals surface area contributed by atoms with Gasteiger partial charge in [-0.3, -0.25) is 4.79 Å². The van der Waals surface area contributed by atoms with Crippen LogP contribution in [0.25, 0.3) is 0 Å². The van der Waals surface area contributed by atoms with Crippen molar-refractivity contribution in [2.75, 3.05) is 13.1 Å². The summed E-state index contributed by atoms with van der Waals surface area (Å²) >= 11 is 0. The van der Waals surface area contributed by atoms with E-state index in [9.17, 15) is 9.59 Å². The van der Waals surface area contributed by atoms with E-state index in [2.05, 4.69) is 0 Å². The van der Waals surface area contributed by atoms with Crippen LogP contribution in [0, 0.1) is 5.92 Å². The lowest BCUT2D eigenvalue weighted by atomic mass is 9.80. The van der Waals surface area contributed by atoms with Gasteiger partial charge in [0.25, 0.3) is 0 Å². The molecular formula is C22H35BN2O5. The molecule has 0 bridgehead atoms. The molecule has 2 fully saturated rings. The van der Waals surface area contributed by atoms with E-state index in [1.807, 2.05) is 54.5 Å². The van der Waals surface area contributed by atoms with Crippen molar-refractivity contribution in [3.8, 4) is 0 Å². The number of hydrogen-bond acceptors (Lipinski definition) is 5. The van der Waals surface area contributed by atoms with Crippen LogP contribution >= 0.6 is 0 Å². The Kier molecular flexibility index (Phi) is 6.13. The molecule has 0 radical (unpaired) electrons. The maximum atomic E-state index is 12.7. The number of piperidine rings is 1. The summed E-state index contributed by atoms with van der Waals surface area (Å²) in [7, 11) is -0.547. The Balaban J connectivity index is 1.65. The van der Waals surface area contributed by atoms with Crippen molar-refractivity contribution in [3.63, 3.8) is 0 Å². The molecule has 166 valence electrons. The van der Waals surface area contributed by atoms with Gasteiger partial charge in [-0.25, -0.2) is 4.79 Å². The first-order valence-corrected chi connectivity index (χ1v) is 10.8. The monoisotopic (exact) mass is 418 g/mol. The minimum Gasteiger partial charge on any atom is -0.444 e. The quantitative estimate of drug-likeness (QED) is 0.707. The summed E-state index contributed by atoms with van der Waals surface area (Å²) in [5.41, 5.74) is -0.755. The summed E-state index contributed by atoms with van der Waals surface area (Å²) in [6.45, 7) is 15.4. The standard InChI is InChI=1S/C22H35BN2O5/c1-20(2,3)28-19(27)25-11-8-9-16(15-25)14-24-12-10-17(13-18(24)26)23-29-21(4,5)22(6,7)30-23/h10,12-13,16H,8-9,11,14-15H2,1-7H3/t16-/m1/s1. The number of ether oxygens (including phenoxy) is 1. The van der Waals surface area contributed by atoms with E-state index >= 15 is 0 Å². The SMILES string of the molecule is CC(C)(C)OC(=O)N1CCC[C@H](Cn2ccc(B3OC(C)(C)C(C)(C)O3)cc2=O)C1. The first-order valence-electron chi connectivity index (χ1n) is 10.8. The predicted molar refractivity (Wildman–Crippen MR) is 117 cm³/mol. The van der Waals surface area contributed by atoms with Crippen molar-refractivity contribution in [2.45, 2.75) is 84.7 Å². The summed E-state index contributed by atoms with van der Waals surface area (Å²) in [5, 5.41) is 0. The highest BCUT2D eigenvalue weighted by Crippen LogP contribution is 2.36. The summed E-state index contributed by atoms with van der Waals surface area (Å²) in [5.74, 6) is 0.215. The Hall–Kier alpha value is -1.80. The smallest absolute Gasteiger partial charge is 0.444 e. The summed E-state index contributed by atoms with van der Waals surface area (Å²) in [6, 6.07) is 3.48. The number of aromatic nitrogens is 1. The third-order valence-corrected chi connectivity index (χ3v) is 6.17. The van der Waals surface area contributed by atoms with Gasteiger partial charge in [0, 0.05) is 31.9 Å². The Bertz CT molecular complexity index is 827. The molecule has 1 amide bonds. The molecule has 3 rings (SSSR count). The van der Waals surface area contributed by atoms with Crippen LogP contribution in [0.3, 0.4) is 0 Å². The average Bonchev–Trinajstić information content (AvgIpc) is 2.83. The third kappa shape index (κ3) is 5.09. The van der Waals surface area contributed by atoms with Crippen molar-refractivity contribution in [1.29, 1.82) is 0 Å². The molecular weight excluding hydrogens is 383 g/mol. The molecule has 2 aliphatic heterocycles. The fourth-order valence-corrected chi connectivity index (χ4v) is 3.78. The maximum Gasteiger partial charge on any atom is 0.495 e. The molecule has 1 aromatic rings. The lowest BCUT2D eigenvalue weighted by Crippen LogP contribution is -2.44. The minimum atomic E-state index is -0.547. The molecule has 0 unspecified atom stereocenters. The number of hydrogen-bond donors (Lipinski definition) is 0. The number of carbonyl (C=O) groups is 1. The van der Waals surface area contributed by atoms with Crippen molar-refractivity contribution < 1.29 is 18.8 Å². The van der Waals surface area contributed by atoms with E-state index in [4.69, 9.17) is 14.0 Å².